The SMILES string of the molecule is CCC(C)[C@@H]1NCCOc2ncccc2CCCNC(=O)[C@H](Cc2cccc(C)c2)NC(=O)C2(CCCC2)NC1=O.C[C@@H]1CN[C@@H](C2CC2)C(=O)N(C)[C@H](C)C(=O)N[C@H](Cc2ccccc2)C(=O)NCCCc2ccc(F)cc2O1. The number of hydrogen-bond donors (Lipinski definition) is 7. The van der Waals surface area contributed by atoms with Gasteiger partial charge in [0.1, 0.15) is 47.9 Å². The van der Waals surface area contributed by atoms with Crippen molar-refractivity contribution in [2.75, 3.05) is 39.8 Å². The Morgan fingerprint density at radius 1 is 0.738 bits per heavy atom. The maximum atomic E-state index is 14.1. The molecule has 0 saturated heterocycles. The van der Waals surface area contributed by atoms with E-state index in [1.54, 1.807) is 26.2 Å². The maximum absolute atomic E-state index is 14.1. The average molecular weight is 1100 g/mol. The minimum atomic E-state index is -1.04. The van der Waals surface area contributed by atoms with Crippen molar-refractivity contribution in [1.29, 1.82) is 0 Å². The fourth-order valence-corrected chi connectivity index (χ4v) is 10.6. The van der Waals surface area contributed by atoms with Crippen LogP contribution in [0.3, 0.4) is 0 Å². The topological polar surface area (TPSA) is 221 Å². The van der Waals surface area contributed by atoms with Crippen LogP contribution in [-0.2, 0) is 54.5 Å². The molecular formula is C62H84FN9O8. The number of aryl methyl sites for hydroxylation is 3. The minimum Gasteiger partial charge on any atom is -0.489 e. The molecule has 2 saturated carbocycles. The summed E-state index contributed by atoms with van der Waals surface area (Å²) < 4.78 is 26.2. The quantitative estimate of drug-likeness (QED) is 0.121. The number of fused-ring (bicyclic) bond motifs is 2. The van der Waals surface area contributed by atoms with Crippen molar-refractivity contribution >= 4 is 35.4 Å². The van der Waals surface area contributed by atoms with E-state index in [1.807, 2.05) is 94.4 Å². The summed E-state index contributed by atoms with van der Waals surface area (Å²) in [4.78, 5) is 86.9. The Morgan fingerprint density at radius 2 is 1.41 bits per heavy atom. The normalized spacial score (nSPS) is 24.6. The number of carbonyl (C=O) groups is 6. The van der Waals surface area contributed by atoms with Crippen LogP contribution in [0.1, 0.15) is 113 Å². The molecule has 6 amide bonds. The molecule has 18 heteroatoms. The number of carbonyl (C=O) groups excluding carboxylic acids is 6. The molecule has 2 fully saturated rings. The number of likely N-dealkylation sites (N-methyl/N-ethyl adjacent to an activating group) is 1. The Labute approximate surface area is 471 Å². The Hall–Kier alpha value is -6.92. The summed E-state index contributed by atoms with van der Waals surface area (Å²) in [6.07, 6.45) is 10.1. The third kappa shape index (κ3) is 17.3. The van der Waals surface area contributed by atoms with Gasteiger partial charge in [-0.1, -0.05) is 105 Å². The van der Waals surface area contributed by atoms with Gasteiger partial charge in [0.25, 0.3) is 0 Å². The third-order valence-electron chi connectivity index (χ3n) is 15.9. The minimum absolute atomic E-state index is 0.0485. The molecule has 432 valence electrons. The van der Waals surface area contributed by atoms with Gasteiger partial charge in [-0.3, -0.25) is 28.8 Å². The lowest BCUT2D eigenvalue weighted by Gasteiger charge is -2.34. The molecule has 3 aromatic carbocycles. The van der Waals surface area contributed by atoms with Crippen molar-refractivity contribution < 1.29 is 42.6 Å². The van der Waals surface area contributed by atoms with Crippen molar-refractivity contribution in [1.82, 2.24) is 47.1 Å². The third-order valence-corrected chi connectivity index (χ3v) is 15.9. The molecular weight excluding hydrogens is 1020 g/mol. The van der Waals surface area contributed by atoms with Crippen LogP contribution in [0.2, 0.25) is 0 Å². The zero-order valence-electron chi connectivity index (χ0n) is 47.5. The number of nitrogens with one attached hydrogen (secondary N) is 7. The van der Waals surface area contributed by atoms with Gasteiger partial charge in [0, 0.05) is 63.9 Å². The van der Waals surface area contributed by atoms with Gasteiger partial charge in [0.15, 0.2) is 0 Å². The Balaban J connectivity index is 0.000000231. The molecule has 0 radical (unpaired) electrons. The van der Waals surface area contributed by atoms with Crippen LogP contribution in [-0.4, -0.2) is 127 Å². The van der Waals surface area contributed by atoms with Gasteiger partial charge in [0.05, 0.1) is 12.1 Å². The van der Waals surface area contributed by atoms with E-state index in [9.17, 15) is 33.2 Å². The second-order valence-corrected chi connectivity index (χ2v) is 22.2. The van der Waals surface area contributed by atoms with Crippen LogP contribution < -0.4 is 46.7 Å². The summed E-state index contributed by atoms with van der Waals surface area (Å²) in [5.41, 5.74) is 3.74. The van der Waals surface area contributed by atoms with Gasteiger partial charge in [-0.25, -0.2) is 9.37 Å². The molecule has 17 nitrogen and oxygen atoms in total. The van der Waals surface area contributed by atoms with E-state index in [4.69, 9.17) is 9.47 Å². The zero-order valence-corrected chi connectivity index (χ0v) is 47.5. The maximum Gasteiger partial charge on any atom is 0.246 e. The smallest absolute Gasteiger partial charge is 0.246 e. The molecule has 7 atom stereocenters. The first-order chi connectivity index (χ1) is 38.5. The number of aromatic nitrogens is 1. The van der Waals surface area contributed by atoms with Gasteiger partial charge in [-0.05, 0) is 113 Å². The van der Waals surface area contributed by atoms with Gasteiger partial charge >= 0.3 is 0 Å². The number of rotatable bonds is 7. The molecule has 2 aliphatic carbocycles. The summed E-state index contributed by atoms with van der Waals surface area (Å²) in [6, 6.07) is 22.5. The zero-order chi connectivity index (χ0) is 57.2. The Bertz CT molecular complexity index is 2720. The molecule has 4 aliphatic rings. The lowest BCUT2D eigenvalue weighted by molar-refractivity contribution is -0.141. The number of ether oxygens (including phenoxy) is 2. The Kier molecular flexibility index (Phi) is 22.4. The molecule has 8 rings (SSSR count). The van der Waals surface area contributed by atoms with Gasteiger partial charge in [-0.2, -0.15) is 0 Å². The largest absolute Gasteiger partial charge is 0.489 e. The van der Waals surface area contributed by atoms with E-state index >= 15 is 0 Å². The highest BCUT2D eigenvalue weighted by atomic mass is 19.1. The van der Waals surface area contributed by atoms with Crippen LogP contribution in [0.25, 0.3) is 0 Å². The molecule has 4 aromatic rings. The number of nitrogens with zero attached hydrogens (tertiary/aromatic N) is 2. The summed E-state index contributed by atoms with van der Waals surface area (Å²) in [6.45, 7) is 11.7. The summed E-state index contributed by atoms with van der Waals surface area (Å²) in [5, 5.41) is 21.7. The van der Waals surface area contributed by atoms with Crippen LogP contribution in [0.4, 0.5) is 4.39 Å². The number of pyridine rings is 1. The average Bonchev–Trinajstić information content (AvgIpc) is 4.21. The lowest BCUT2D eigenvalue weighted by Crippen LogP contribution is -2.64. The summed E-state index contributed by atoms with van der Waals surface area (Å²) in [5.74, 6) is -0.689. The number of amides is 6. The molecule has 7 N–H and O–H groups in total. The van der Waals surface area contributed by atoms with Crippen molar-refractivity contribution in [2.45, 2.75) is 160 Å². The number of halogens is 1. The predicted molar refractivity (Wildman–Crippen MR) is 305 cm³/mol. The van der Waals surface area contributed by atoms with Crippen molar-refractivity contribution in [3.8, 4) is 11.6 Å². The highest BCUT2D eigenvalue weighted by Crippen LogP contribution is 2.34. The second-order valence-electron chi connectivity index (χ2n) is 22.2. The number of hydrogen-bond acceptors (Lipinski definition) is 11. The fourth-order valence-electron chi connectivity index (χ4n) is 10.6. The predicted octanol–water partition coefficient (Wildman–Crippen LogP) is 5.59. The van der Waals surface area contributed by atoms with Crippen LogP contribution in [0.15, 0.2) is 91.1 Å². The van der Waals surface area contributed by atoms with E-state index in [2.05, 4.69) is 42.2 Å². The van der Waals surface area contributed by atoms with Crippen molar-refractivity contribution in [3.63, 3.8) is 0 Å². The monoisotopic (exact) mass is 1100 g/mol. The molecule has 1 unspecified atom stereocenters. The van der Waals surface area contributed by atoms with Crippen LogP contribution >= 0.6 is 0 Å². The van der Waals surface area contributed by atoms with Crippen LogP contribution in [0, 0.1) is 24.6 Å². The Morgan fingerprint density at radius 3 is 2.10 bits per heavy atom. The highest BCUT2D eigenvalue weighted by Gasteiger charge is 2.45. The van der Waals surface area contributed by atoms with Crippen LogP contribution in [0.5, 0.6) is 11.6 Å². The highest BCUT2D eigenvalue weighted by molar-refractivity contribution is 5.96. The van der Waals surface area contributed by atoms with E-state index in [1.165, 1.54) is 17.0 Å². The fraction of sp³-hybridized carbons (Fsp3) is 0.532. The number of benzene rings is 3. The first kappa shape index (κ1) is 60.7. The van der Waals surface area contributed by atoms with Crippen molar-refractivity contribution in [2.24, 2.45) is 11.8 Å². The lowest BCUT2D eigenvalue weighted by atomic mass is 9.92. The van der Waals surface area contributed by atoms with Gasteiger partial charge in [0.2, 0.25) is 41.3 Å². The molecule has 1 spiro atoms. The molecule has 3 heterocycles. The first-order valence-electron chi connectivity index (χ1n) is 28.9. The molecule has 1 aromatic heterocycles. The standard InChI is InChI=1S/C32H45N5O4.C30H39FN4O4/c1-4-23(3)27-29(39)37-32(14-5-6-15-32)31(40)36-26(21-24-11-7-10-22(2)20-24)28(38)34-16-8-12-25-13-9-17-35-30(25)41-19-18-33-27;1-19-18-33-27(23-11-12-23)30(38)35(3)20(2)28(36)34-25(16-21-8-5-4-6-9-21)29(37)32-15-7-10-22-13-14-24(31)17-26(22)39-19/h7,9-11,13,17,20,23,26-27,33H,4-6,8,12,14-16,18-19,21H2,1-3H3,(H,34,38)(H,36,40)(H,37,39);4-6,8-9,13-14,17,19-20,23,25,27,33H,7,10-12,15-16,18H2,1-3H3,(H,32,37)(H,34,36)/t23?,26-,27-;19-,20-,25-,27+/m01/s1. The second kappa shape index (κ2) is 29.5. The van der Waals surface area contributed by atoms with Crippen molar-refractivity contribution in [3.05, 3.63) is 125 Å². The molecule has 80 heavy (non-hydrogen) atoms. The van der Waals surface area contributed by atoms with Gasteiger partial charge < -0.3 is 51.6 Å². The summed E-state index contributed by atoms with van der Waals surface area (Å²) in [7, 11) is 1.62. The molecule has 0 bridgehead atoms. The van der Waals surface area contributed by atoms with E-state index in [0.29, 0.717) is 95.8 Å². The van der Waals surface area contributed by atoms with E-state index in [-0.39, 0.29) is 59.2 Å². The van der Waals surface area contributed by atoms with Gasteiger partial charge in [-0.15, -0.1) is 0 Å². The van der Waals surface area contributed by atoms with E-state index < -0.39 is 35.7 Å². The molecule has 2 aliphatic heterocycles. The van der Waals surface area contributed by atoms with E-state index in [0.717, 1.165) is 59.9 Å². The summed E-state index contributed by atoms with van der Waals surface area (Å²) >= 11 is 0. The first-order valence-corrected chi connectivity index (χ1v) is 28.9.